The molecule has 0 fully saturated rings. The second-order valence-electron chi connectivity index (χ2n) is 7.79. The van der Waals surface area contributed by atoms with Crippen LogP contribution in [0.3, 0.4) is 0 Å². The second-order valence-corrected chi connectivity index (χ2v) is 7.79. The number of hydrogen-bond acceptors (Lipinski definition) is 8. The van der Waals surface area contributed by atoms with E-state index in [1.54, 1.807) is 0 Å². The summed E-state index contributed by atoms with van der Waals surface area (Å²) in [5.41, 5.74) is -0.356. The van der Waals surface area contributed by atoms with Crippen LogP contribution in [0.5, 0.6) is 0 Å². The normalized spacial score (nSPS) is 12.7. The molecule has 0 saturated carbocycles. The molecular formula is C24H36O8Zn2. The number of carboxylic acid groups (broad SMARTS) is 4. The fourth-order valence-electron chi connectivity index (χ4n) is 3.20. The van der Waals surface area contributed by atoms with Gasteiger partial charge in [0.2, 0.25) is 0 Å². The minimum atomic E-state index is -1.48. The molecule has 0 aromatic carbocycles. The van der Waals surface area contributed by atoms with Gasteiger partial charge in [0.15, 0.2) is 0 Å². The first kappa shape index (κ1) is 39.8. The van der Waals surface area contributed by atoms with Crippen molar-refractivity contribution in [2.24, 2.45) is 11.8 Å². The van der Waals surface area contributed by atoms with Gasteiger partial charge in [-0.1, -0.05) is 79.1 Å². The van der Waals surface area contributed by atoms with Crippen molar-refractivity contribution >= 4 is 23.9 Å². The van der Waals surface area contributed by atoms with Gasteiger partial charge in [-0.05, 0) is 48.0 Å². The summed E-state index contributed by atoms with van der Waals surface area (Å²) < 4.78 is 0. The summed E-state index contributed by atoms with van der Waals surface area (Å²) in [6, 6.07) is 0. The zero-order valence-electron chi connectivity index (χ0n) is 21.1. The van der Waals surface area contributed by atoms with Crippen LogP contribution >= 0.6 is 0 Å². The van der Waals surface area contributed by atoms with Crippen molar-refractivity contribution in [3.63, 3.8) is 0 Å². The van der Waals surface area contributed by atoms with Gasteiger partial charge < -0.3 is 39.6 Å². The summed E-state index contributed by atoms with van der Waals surface area (Å²) in [5.74, 6) is -5.40. The van der Waals surface area contributed by atoms with Gasteiger partial charge in [-0.3, -0.25) is 0 Å². The van der Waals surface area contributed by atoms with Crippen molar-refractivity contribution in [2.45, 2.75) is 91.9 Å². The van der Waals surface area contributed by atoms with Gasteiger partial charge in [0.05, 0.1) is 23.9 Å². The van der Waals surface area contributed by atoms with Crippen LogP contribution in [-0.4, -0.2) is 23.9 Å². The Kier molecular flexibility index (Phi) is 28.9. The summed E-state index contributed by atoms with van der Waals surface area (Å²) in [5, 5.41) is 42.0. The van der Waals surface area contributed by atoms with E-state index in [1.165, 1.54) is 0 Å². The molecule has 8 nitrogen and oxygen atoms in total. The number of carboxylic acids is 4. The van der Waals surface area contributed by atoms with Gasteiger partial charge in [0.1, 0.15) is 0 Å². The Hall–Kier alpha value is -1.39. The van der Waals surface area contributed by atoms with E-state index in [9.17, 15) is 39.6 Å². The van der Waals surface area contributed by atoms with Crippen LogP contribution in [0.2, 0.25) is 0 Å². The van der Waals surface area contributed by atoms with Crippen molar-refractivity contribution in [2.75, 3.05) is 0 Å². The summed E-state index contributed by atoms with van der Waals surface area (Å²) in [6.07, 6.45) is 9.34. The number of hydrogen-bond donors (Lipinski definition) is 0. The van der Waals surface area contributed by atoms with Crippen molar-refractivity contribution in [1.82, 2.24) is 0 Å². The zero-order chi connectivity index (χ0) is 25.1. The topological polar surface area (TPSA) is 161 Å². The number of unbranched alkanes of at least 4 members (excludes halogenated alkanes) is 2. The van der Waals surface area contributed by atoms with Gasteiger partial charge in [-0.2, -0.15) is 0 Å². The van der Waals surface area contributed by atoms with Crippen LogP contribution in [0.4, 0.5) is 0 Å². The van der Waals surface area contributed by atoms with Gasteiger partial charge in [0.25, 0.3) is 0 Å². The van der Waals surface area contributed by atoms with Gasteiger partial charge >= 0.3 is 39.0 Å². The third-order valence-corrected chi connectivity index (χ3v) is 5.21. The molecule has 0 aromatic rings. The molecule has 0 saturated heterocycles. The third kappa shape index (κ3) is 22.4. The number of carbonyl (C=O) groups excluding carboxylic acids is 4. The molecule has 10 heteroatoms. The summed E-state index contributed by atoms with van der Waals surface area (Å²) in [6.45, 7) is 8.05. The van der Waals surface area contributed by atoms with E-state index in [1.807, 2.05) is 13.8 Å². The van der Waals surface area contributed by atoms with Crippen LogP contribution in [0.25, 0.3) is 0 Å². The number of aliphatic carboxylic acids is 4. The second kappa shape index (κ2) is 24.7. The maximum Gasteiger partial charge on any atom is 2.00 e. The molecule has 0 aliphatic heterocycles. The standard InChI is InChI=1S/2C12H20O4.2Zn/c2*1-3-5-6-9(4-2)7-10(12(15)16)8-11(13)14;;/h2*8-9H,3-7H2,1-2H3,(H,13,14)(H,15,16);;/q;;2*+2/p-4. The van der Waals surface area contributed by atoms with Crippen LogP contribution in [0.1, 0.15) is 91.9 Å². The molecule has 0 radical (unpaired) electrons. The Morgan fingerprint density at radius 3 is 1.09 bits per heavy atom. The molecular weight excluding hydrogens is 547 g/mol. The average Bonchev–Trinajstić information content (AvgIpc) is 2.72. The van der Waals surface area contributed by atoms with E-state index in [2.05, 4.69) is 13.8 Å². The molecule has 2 atom stereocenters. The zero-order valence-corrected chi connectivity index (χ0v) is 27.0. The minimum Gasteiger partial charge on any atom is -0.545 e. The quantitative estimate of drug-likeness (QED) is 0.182. The summed E-state index contributed by atoms with van der Waals surface area (Å²) >= 11 is 0. The minimum absolute atomic E-state index is 0. The maximum absolute atomic E-state index is 10.7. The number of rotatable bonds is 16. The summed E-state index contributed by atoms with van der Waals surface area (Å²) in [4.78, 5) is 42.0. The van der Waals surface area contributed by atoms with Crippen LogP contribution in [0, 0.1) is 11.8 Å². The largest absolute Gasteiger partial charge is 2.00 e. The Labute approximate surface area is 228 Å². The van der Waals surface area contributed by atoms with Crippen molar-refractivity contribution in [3.05, 3.63) is 23.3 Å². The first-order valence-electron chi connectivity index (χ1n) is 11.3. The van der Waals surface area contributed by atoms with E-state index in [0.29, 0.717) is 12.2 Å². The van der Waals surface area contributed by atoms with E-state index in [4.69, 9.17) is 0 Å². The molecule has 0 heterocycles. The molecule has 184 valence electrons. The Balaban J connectivity index is -0.000000250. The van der Waals surface area contributed by atoms with E-state index in [-0.39, 0.29) is 74.8 Å². The molecule has 34 heavy (non-hydrogen) atoms. The van der Waals surface area contributed by atoms with Crippen LogP contribution in [0.15, 0.2) is 23.3 Å². The fourth-order valence-corrected chi connectivity index (χ4v) is 3.20. The van der Waals surface area contributed by atoms with Crippen molar-refractivity contribution < 1.29 is 78.6 Å². The predicted molar refractivity (Wildman–Crippen MR) is 112 cm³/mol. The van der Waals surface area contributed by atoms with E-state index < -0.39 is 23.9 Å². The molecule has 2 unspecified atom stereocenters. The van der Waals surface area contributed by atoms with Gasteiger partial charge in [-0.15, -0.1) is 0 Å². The van der Waals surface area contributed by atoms with Gasteiger partial charge in [-0.25, -0.2) is 0 Å². The molecule has 0 N–H and O–H groups in total. The number of carbonyl (C=O) groups is 4. The fraction of sp³-hybridized carbons (Fsp3) is 0.667. The molecule has 0 bridgehead atoms. The van der Waals surface area contributed by atoms with Crippen molar-refractivity contribution in [1.29, 1.82) is 0 Å². The van der Waals surface area contributed by atoms with Crippen molar-refractivity contribution in [3.8, 4) is 0 Å². The molecule has 0 spiro atoms. The summed E-state index contributed by atoms with van der Waals surface area (Å²) in [7, 11) is 0. The first-order valence-corrected chi connectivity index (χ1v) is 11.3. The molecule has 0 aliphatic carbocycles. The molecule has 0 amide bonds. The van der Waals surface area contributed by atoms with E-state index >= 15 is 0 Å². The Bertz CT molecular complexity index is 603. The van der Waals surface area contributed by atoms with Gasteiger partial charge in [0, 0.05) is 0 Å². The molecule has 0 aliphatic rings. The Morgan fingerprint density at radius 2 is 0.912 bits per heavy atom. The monoisotopic (exact) mass is 580 g/mol. The third-order valence-electron chi connectivity index (χ3n) is 5.21. The average molecular weight is 583 g/mol. The van der Waals surface area contributed by atoms with E-state index in [0.717, 1.165) is 51.4 Å². The van der Waals surface area contributed by atoms with Crippen LogP contribution in [-0.2, 0) is 58.1 Å². The smallest absolute Gasteiger partial charge is 0.545 e. The molecule has 0 rings (SSSR count). The SMILES string of the molecule is CCCCC(CC)CC(=CC(=O)[O-])C(=O)[O-].CCCCC(CC)CC(=CC(=O)[O-])C(=O)[O-].[Zn+2].[Zn+2]. The Morgan fingerprint density at radius 1 is 0.618 bits per heavy atom. The molecule has 0 aromatic heterocycles. The first-order chi connectivity index (χ1) is 15.0. The predicted octanol–water partition coefficient (Wildman–Crippen LogP) is 0.0332. The van der Waals surface area contributed by atoms with Crippen LogP contribution < -0.4 is 20.4 Å². The maximum atomic E-state index is 10.7.